The van der Waals surface area contributed by atoms with Gasteiger partial charge in [0, 0.05) is 13.0 Å². The Bertz CT molecular complexity index is 356. The van der Waals surface area contributed by atoms with Crippen molar-refractivity contribution in [1.82, 2.24) is 9.97 Å². The highest BCUT2D eigenvalue weighted by Gasteiger charge is 2.30. The van der Waals surface area contributed by atoms with Gasteiger partial charge in [0.05, 0.1) is 25.6 Å². The van der Waals surface area contributed by atoms with E-state index in [1.807, 2.05) is 6.92 Å². The summed E-state index contributed by atoms with van der Waals surface area (Å²) in [5.74, 6) is 0.188. The summed E-state index contributed by atoms with van der Waals surface area (Å²) < 4.78 is 11.0. The van der Waals surface area contributed by atoms with Crippen molar-refractivity contribution in [2.45, 2.75) is 19.1 Å². The second-order valence-corrected chi connectivity index (χ2v) is 4.12. The second-order valence-electron chi connectivity index (χ2n) is 3.73. The maximum atomic E-state index is 5.72. The van der Waals surface area contributed by atoms with Gasteiger partial charge < -0.3 is 14.8 Å². The molecule has 0 radical (unpaired) electrons. The van der Waals surface area contributed by atoms with Crippen LogP contribution in [0.2, 0.25) is 5.15 Å². The zero-order chi connectivity index (χ0) is 11.4. The van der Waals surface area contributed by atoms with Crippen LogP contribution in [-0.4, -0.2) is 35.5 Å². The number of aromatic nitrogens is 2. The molecule has 2 heterocycles. The van der Waals surface area contributed by atoms with Gasteiger partial charge in [0.1, 0.15) is 11.0 Å². The quantitative estimate of drug-likeness (QED) is 0.872. The van der Waals surface area contributed by atoms with Gasteiger partial charge in [-0.1, -0.05) is 11.6 Å². The van der Waals surface area contributed by atoms with Gasteiger partial charge in [-0.2, -0.15) is 0 Å². The van der Waals surface area contributed by atoms with Gasteiger partial charge in [0.2, 0.25) is 0 Å². The molecule has 1 fully saturated rings. The zero-order valence-electron chi connectivity index (χ0n) is 9.07. The average Bonchev–Trinajstić information content (AvgIpc) is 2.65. The molecule has 1 aromatic heterocycles. The van der Waals surface area contributed by atoms with Gasteiger partial charge in [-0.15, -0.1) is 0 Å². The van der Waals surface area contributed by atoms with Crippen LogP contribution in [0.4, 0.5) is 5.82 Å². The van der Waals surface area contributed by atoms with E-state index in [0.717, 1.165) is 6.42 Å². The number of nitrogens with zero attached hydrogens (tertiary/aromatic N) is 2. The minimum atomic E-state index is -0.473. The predicted molar refractivity (Wildman–Crippen MR) is 60.5 cm³/mol. The van der Waals surface area contributed by atoms with Crippen LogP contribution >= 0.6 is 11.6 Å². The molecule has 0 aromatic carbocycles. The number of hydrogen-bond donors (Lipinski definition) is 1. The first-order valence-corrected chi connectivity index (χ1v) is 5.55. The Kier molecular flexibility index (Phi) is 3.58. The molecule has 6 heteroatoms. The van der Waals surface area contributed by atoms with E-state index in [2.05, 4.69) is 15.3 Å². The number of nitrogens with one attached hydrogen (secondary N) is 1. The molecule has 0 atom stereocenters. The highest BCUT2D eigenvalue weighted by molar-refractivity contribution is 6.29. The molecule has 1 saturated heterocycles. The lowest BCUT2D eigenvalue weighted by atomic mass is 10.2. The highest BCUT2D eigenvalue weighted by Crippen LogP contribution is 2.22. The monoisotopic (exact) mass is 243 g/mol. The zero-order valence-corrected chi connectivity index (χ0v) is 9.83. The molecular weight excluding hydrogens is 230 g/mol. The van der Waals surface area contributed by atoms with E-state index in [4.69, 9.17) is 21.1 Å². The molecule has 0 spiro atoms. The molecule has 1 aliphatic rings. The van der Waals surface area contributed by atoms with E-state index in [9.17, 15) is 0 Å². The molecule has 1 N–H and O–H groups in total. The van der Waals surface area contributed by atoms with Crippen LogP contribution in [0.1, 0.15) is 13.3 Å². The van der Waals surface area contributed by atoms with Crippen LogP contribution in [0.3, 0.4) is 0 Å². The molecule has 0 saturated carbocycles. The molecular formula is C10H14ClN3O2. The van der Waals surface area contributed by atoms with Crippen molar-refractivity contribution in [2.24, 2.45) is 0 Å². The minimum absolute atomic E-state index is 0.379. The van der Waals surface area contributed by atoms with Crippen molar-refractivity contribution in [2.75, 3.05) is 25.1 Å². The summed E-state index contributed by atoms with van der Waals surface area (Å²) in [5.41, 5.74) is 0. The number of anilines is 1. The molecule has 1 aromatic rings. The van der Waals surface area contributed by atoms with Gasteiger partial charge >= 0.3 is 0 Å². The van der Waals surface area contributed by atoms with Crippen LogP contribution in [0.25, 0.3) is 0 Å². The summed E-state index contributed by atoms with van der Waals surface area (Å²) >= 11 is 5.72. The van der Waals surface area contributed by atoms with Gasteiger partial charge in [-0.3, -0.25) is 4.98 Å². The third kappa shape index (κ3) is 3.04. The molecule has 1 aliphatic heterocycles. The maximum Gasteiger partial charge on any atom is 0.167 e. The average molecular weight is 244 g/mol. The first-order valence-electron chi connectivity index (χ1n) is 5.17. The Morgan fingerprint density at radius 3 is 2.88 bits per heavy atom. The smallest absolute Gasteiger partial charge is 0.167 e. The van der Waals surface area contributed by atoms with Gasteiger partial charge in [0.25, 0.3) is 0 Å². The summed E-state index contributed by atoms with van der Waals surface area (Å²) in [4.78, 5) is 8.00. The molecule has 0 amide bonds. The van der Waals surface area contributed by atoms with Gasteiger partial charge in [-0.25, -0.2) is 4.98 Å². The van der Waals surface area contributed by atoms with Crippen molar-refractivity contribution in [3.05, 3.63) is 17.5 Å². The summed E-state index contributed by atoms with van der Waals surface area (Å²) in [7, 11) is 0. The standard InChI is InChI=1S/C10H14ClN3O2/c1-10(15-4-5-16-10)2-3-13-9-7-12-6-8(11)14-9/h6-7H,2-5H2,1H3,(H,13,14). The Labute approximate surface area is 99.1 Å². The Hall–Kier alpha value is -0.910. The maximum absolute atomic E-state index is 5.72. The first-order chi connectivity index (χ1) is 7.68. The van der Waals surface area contributed by atoms with E-state index in [1.54, 1.807) is 6.20 Å². The van der Waals surface area contributed by atoms with Crippen LogP contribution in [0.5, 0.6) is 0 Å². The van der Waals surface area contributed by atoms with E-state index in [-0.39, 0.29) is 0 Å². The first kappa shape index (κ1) is 11.6. The van der Waals surface area contributed by atoms with Crippen molar-refractivity contribution in [3.8, 4) is 0 Å². The van der Waals surface area contributed by atoms with Crippen LogP contribution in [0, 0.1) is 0 Å². The fourth-order valence-corrected chi connectivity index (χ4v) is 1.69. The number of halogens is 1. The molecule has 2 rings (SSSR count). The summed E-state index contributed by atoms with van der Waals surface area (Å²) in [6.45, 7) is 3.96. The van der Waals surface area contributed by atoms with Gasteiger partial charge in [0.15, 0.2) is 5.79 Å². The van der Waals surface area contributed by atoms with Gasteiger partial charge in [-0.05, 0) is 6.92 Å². The van der Waals surface area contributed by atoms with E-state index >= 15 is 0 Å². The van der Waals surface area contributed by atoms with Crippen LogP contribution in [0.15, 0.2) is 12.4 Å². The lowest BCUT2D eigenvalue weighted by Gasteiger charge is -2.22. The van der Waals surface area contributed by atoms with E-state index < -0.39 is 5.79 Å². The van der Waals surface area contributed by atoms with Crippen molar-refractivity contribution < 1.29 is 9.47 Å². The Morgan fingerprint density at radius 2 is 2.19 bits per heavy atom. The molecule has 5 nitrogen and oxygen atoms in total. The normalized spacial score (nSPS) is 18.6. The lowest BCUT2D eigenvalue weighted by molar-refractivity contribution is -0.144. The third-order valence-corrected chi connectivity index (χ3v) is 2.57. The van der Waals surface area contributed by atoms with Crippen molar-refractivity contribution in [1.29, 1.82) is 0 Å². The number of ether oxygens (including phenoxy) is 2. The lowest BCUT2D eigenvalue weighted by Crippen LogP contribution is -2.28. The van der Waals surface area contributed by atoms with Crippen molar-refractivity contribution in [3.63, 3.8) is 0 Å². The fraction of sp³-hybridized carbons (Fsp3) is 0.600. The molecule has 88 valence electrons. The molecule has 16 heavy (non-hydrogen) atoms. The fourth-order valence-electron chi connectivity index (χ4n) is 1.55. The summed E-state index contributed by atoms with van der Waals surface area (Å²) in [6.07, 6.45) is 3.88. The Morgan fingerprint density at radius 1 is 1.44 bits per heavy atom. The van der Waals surface area contributed by atoms with Crippen molar-refractivity contribution >= 4 is 17.4 Å². The number of rotatable bonds is 4. The third-order valence-electron chi connectivity index (χ3n) is 2.39. The minimum Gasteiger partial charge on any atom is -0.369 e. The largest absolute Gasteiger partial charge is 0.369 e. The molecule has 0 bridgehead atoms. The molecule has 0 aliphatic carbocycles. The van der Waals surface area contributed by atoms with Crippen LogP contribution in [-0.2, 0) is 9.47 Å². The topological polar surface area (TPSA) is 56.3 Å². The van der Waals surface area contributed by atoms with Crippen LogP contribution < -0.4 is 5.32 Å². The summed E-state index contributed by atoms with van der Waals surface area (Å²) in [6, 6.07) is 0. The Balaban J connectivity index is 1.79. The highest BCUT2D eigenvalue weighted by atomic mass is 35.5. The second kappa shape index (κ2) is 4.95. The summed E-state index contributed by atoms with van der Waals surface area (Å²) in [5, 5.41) is 3.50. The predicted octanol–water partition coefficient (Wildman–Crippen LogP) is 1.69. The van der Waals surface area contributed by atoms with E-state index in [1.165, 1.54) is 6.20 Å². The van der Waals surface area contributed by atoms with E-state index in [0.29, 0.717) is 30.7 Å². The number of hydrogen-bond acceptors (Lipinski definition) is 5. The SMILES string of the molecule is CC1(CCNc2cncc(Cl)n2)OCCO1. The molecule has 0 unspecified atom stereocenters.